The van der Waals surface area contributed by atoms with Crippen molar-refractivity contribution in [2.24, 2.45) is 0 Å². The Kier molecular flexibility index (Phi) is 9.56. The highest BCUT2D eigenvalue weighted by molar-refractivity contribution is 5.51. The predicted molar refractivity (Wildman–Crippen MR) is 68.6 cm³/mol. The summed E-state index contributed by atoms with van der Waals surface area (Å²) in [7, 11) is 1.90. The molecule has 3 heteroatoms. The molecule has 16 heavy (non-hydrogen) atoms. The number of carbonyl (C=O) groups is 1. The molecule has 0 heterocycles. The van der Waals surface area contributed by atoms with Crippen molar-refractivity contribution in [2.75, 3.05) is 20.1 Å². The van der Waals surface area contributed by atoms with Crippen molar-refractivity contribution >= 4 is 6.29 Å². The molecule has 1 aromatic rings. The molecule has 0 radical (unpaired) electrons. The molecule has 3 nitrogen and oxygen atoms in total. The number of carbonyl (C=O) groups excluding carboxylic acids is 1. The van der Waals surface area contributed by atoms with Crippen LogP contribution in [0.3, 0.4) is 0 Å². The van der Waals surface area contributed by atoms with Crippen LogP contribution in [0.2, 0.25) is 0 Å². The lowest BCUT2D eigenvalue weighted by Gasteiger charge is -2.08. The Morgan fingerprint density at radius 3 is 2.31 bits per heavy atom. The summed E-state index contributed by atoms with van der Waals surface area (Å²) in [6, 6.07) is 10.7. The van der Waals surface area contributed by atoms with Gasteiger partial charge in [-0.15, -0.1) is 0 Å². The zero-order chi connectivity index (χ0) is 12.2. The van der Waals surface area contributed by atoms with Gasteiger partial charge in [0.2, 0.25) is 0 Å². The SMILES string of the molecule is CNC(C)CNCC=O.Cc1ccccc1. The second-order valence-electron chi connectivity index (χ2n) is 3.67. The van der Waals surface area contributed by atoms with Crippen molar-refractivity contribution in [3.05, 3.63) is 35.9 Å². The average Bonchev–Trinajstić information content (AvgIpc) is 2.31. The lowest BCUT2D eigenvalue weighted by atomic mass is 10.2. The minimum Gasteiger partial charge on any atom is -0.316 e. The second-order valence-corrected chi connectivity index (χ2v) is 3.67. The Morgan fingerprint density at radius 2 is 1.94 bits per heavy atom. The largest absolute Gasteiger partial charge is 0.316 e. The molecule has 1 aromatic carbocycles. The standard InChI is InChI=1S/C7H8.C6H14N2O/c1-7-5-3-2-4-6-7;1-6(7-2)5-8-3-4-9/h2-6H,1H3;4,6-8H,3,5H2,1-2H3. The van der Waals surface area contributed by atoms with Gasteiger partial charge in [-0.25, -0.2) is 0 Å². The quantitative estimate of drug-likeness (QED) is 0.584. The van der Waals surface area contributed by atoms with Crippen molar-refractivity contribution in [1.29, 1.82) is 0 Å². The Balaban J connectivity index is 0.000000288. The van der Waals surface area contributed by atoms with E-state index in [1.165, 1.54) is 5.56 Å². The normalized spacial score (nSPS) is 11.2. The first-order valence-electron chi connectivity index (χ1n) is 5.54. The minimum atomic E-state index is 0.435. The van der Waals surface area contributed by atoms with Gasteiger partial charge < -0.3 is 15.4 Å². The van der Waals surface area contributed by atoms with Gasteiger partial charge in [0.1, 0.15) is 6.29 Å². The Hall–Kier alpha value is -1.19. The summed E-state index contributed by atoms with van der Waals surface area (Å²) < 4.78 is 0. The van der Waals surface area contributed by atoms with Crippen molar-refractivity contribution in [1.82, 2.24) is 10.6 Å². The van der Waals surface area contributed by atoms with Crippen molar-refractivity contribution < 1.29 is 4.79 Å². The fourth-order valence-electron chi connectivity index (χ4n) is 0.995. The molecule has 90 valence electrons. The third-order valence-corrected chi connectivity index (χ3v) is 2.11. The van der Waals surface area contributed by atoms with Crippen molar-refractivity contribution in [2.45, 2.75) is 19.9 Å². The lowest BCUT2D eigenvalue weighted by molar-refractivity contribution is -0.107. The molecule has 0 saturated heterocycles. The Morgan fingerprint density at radius 1 is 1.31 bits per heavy atom. The molecule has 0 aromatic heterocycles. The minimum absolute atomic E-state index is 0.435. The molecule has 0 bridgehead atoms. The van der Waals surface area contributed by atoms with E-state index in [1.54, 1.807) is 0 Å². The highest BCUT2D eigenvalue weighted by Crippen LogP contribution is 1.92. The summed E-state index contributed by atoms with van der Waals surface area (Å²) in [4.78, 5) is 9.79. The maximum atomic E-state index is 9.79. The van der Waals surface area contributed by atoms with E-state index in [-0.39, 0.29) is 0 Å². The topological polar surface area (TPSA) is 41.1 Å². The maximum Gasteiger partial charge on any atom is 0.133 e. The number of hydrogen-bond donors (Lipinski definition) is 2. The molecule has 1 unspecified atom stereocenters. The first kappa shape index (κ1) is 14.8. The molecule has 0 spiro atoms. The van der Waals surface area contributed by atoms with E-state index in [0.29, 0.717) is 12.6 Å². The van der Waals surface area contributed by atoms with Gasteiger partial charge in [0.25, 0.3) is 0 Å². The van der Waals surface area contributed by atoms with Gasteiger partial charge in [0.15, 0.2) is 0 Å². The number of aryl methyl sites for hydroxylation is 1. The van der Waals surface area contributed by atoms with Crippen LogP contribution in [-0.4, -0.2) is 32.5 Å². The van der Waals surface area contributed by atoms with E-state index in [9.17, 15) is 4.79 Å². The third-order valence-electron chi connectivity index (χ3n) is 2.11. The fraction of sp³-hybridized carbons (Fsp3) is 0.462. The molecular weight excluding hydrogens is 200 g/mol. The number of likely N-dealkylation sites (N-methyl/N-ethyl adjacent to an activating group) is 1. The monoisotopic (exact) mass is 222 g/mol. The Labute approximate surface area is 98.3 Å². The number of hydrogen-bond acceptors (Lipinski definition) is 3. The van der Waals surface area contributed by atoms with E-state index in [0.717, 1.165) is 12.8 Å². The molecule has 0 aliphatic rings. The van der Waals surface area contributed by atoms with Gasteiger partial charge >= 0.3 is 0 Å². The molecular formula is C13H22N2O. The van der Waals surface area contributed by atoms with Crippen LogP contribution in [0.1, 0.15) is 12.5 Å². The van der Waals surface area contributed by atoms with Gasteiger partial charge in [-0.05, 0) is 20.9 Å². The van der Waals surface area contributed by atoms with Crippen LogP contribution in [0.15, 0.2) is 30.3 Å². The first-order chi connectivity index (χ1) is 7.70. The van der Waals surface area contributed by atoms with Crippen molar-refractivity contribution in [3.8, 4) is 0 Å². The third kappa shape index (κ3) is 9.37. The van der Waals surface area contributed by atoms with Gasteiger partial charge in [0.05, 0.1) is 6.54 Å². The van der Waals surface area contributed by atoms with Crippen LogP contribution in [-0.2, 0) is 4.79 Å². The lowest BCUT2D eigenvalue weighted by Crippen LogP contribution is -2.34. The molecule has 2 N–H and O–H groups in total. The number of nitrogens with one attached hydrogen (secondary N) is 2. The summed E-state index contributed by atoms with van der Waals surface area (Å²) in [6.45, 7) is 5.43. The van der Waals surface area contributed by atoms with Gasteiger partial charge in [0, 0.05) is 12.6 Å². The van der Waals surface area contributed by atoms with Crippen LogP contribution in [0.4, 0.5) is 0 Å². The summed E-state index contributed by atoms with van der Waals surface area (Å²) in [5, 5.41) is 6.00. The van der Waals surface area contributed by atoms with Crippen LogP contribution in [0.5, 0.6) is 0 Å². The maximum absolute atomic E-state index is 9.79. The smallest absolute Gasteiger partial charge is 0.133 e. The van der Waals surface area contributed by atoms with E-state index in [1.807, 2.05) is 25.2 Å². The molecule has 1 atom stereocenters. The van der Waals surface area contributed by atoms with Crippen molar-refractivity contribution in [3.63, 3.8) is 0 Å². The van der Waals surface area contributed by atoms with Crippen LogP contribution < -0.4 is 10.6 Å². The van der Waals surface area contributed by atoms with Gasteiger partial charge in [-0.3, -0.25) is 0 Å². The van der Waals surface area contributed by atoms with Gasteiger partial charge in [-0.2, -0.15) is 0 Å². The Bertz CT molecular complexity index is 262. The fourth-order valence-corrected chi connectivity index (χ4v) is 0.995. The molecule has 0 aliphatic heterocycles. The van der Waals surface area contributed by atoms with Crippen LogP contribution in [0, 0.1) is 6.92 Å². The molecule has 1 rings (SSSR count). The highest BCUT2D eigenvalue weighted by Gasteiger charge is 1.93. The summed E-state index contributed by atoms with van der Waals surface area (Å²) in [5.74, 6) is 0. The first-order valence-corrected chi connectivity index (χ1v) is 5.54. The number of aldehydes is 1. The predicted octanol–water partition coefficient (Wildman–Crippen LogP) is 1.38. The summed E-state index contributed by atoms with van der Waals surface area (Å²) in [5.41, 5.74) is 1.32. The second kappa shape index (κ2) is 10.3. The molecule has 0 saturated carbocycles. The zero-order valence-corrected chi connectivity index (χ0v) is 10.4. The molecule has 0 fully saturated rings. The van der Waals surface area contributed by atoms with E-state index in [4.69, 9.17) is 0 Å². The van der Waals surface area contributed by atoms with Crippen LogP contribution in [0.25, 0.3) is 0 Å². The number of rotatable bonds is 5. The zero-order valence-electron chi connectivity index (χ0n) is 10.4. The molecule has 0 amide bonds. The van der Waals surface area contributed by atoms with E-state index < -0.39 is 0 Å². The average molecular weight is 222 g/mol. The van der Waals surface area contributed by atoms with E-state index in [2.05, 4.69) is 36.6 Å². The van der Waals surface area contributed by atoms with Crippen LogP contribution >= 0.6 is 0 Å². The van der Waals surface area contributed by atoms with E-state index >= 15 is 0 Å². The molecule has 0 aliphatic carbocycles. The van der Waals surface area contributed by atoms with Gasteiger partial charge in [-0.1, -0.05) is 35.9 Å². The summed E-state index contributed by atoms with van der Waals surface area (Å²) in [6.07, 6.45) is 0.863. The summed E-state index contributed by atoms with van der Waals surface area (Å²) >= 11 is 0. The highest BCUT2D eigenvalue weighted by atomic mass is 16.1. The number of benzene rings is 1.